The van der Waals surface area contributed by atoms with E-state index in [0.29, 0.717) is 19.1 Å². The summed E-state index contributed by atoms with van der Waals surface area (Å²) >= 11 is 0. The minimum Gasteiger partial charge on any atom is -0.383 e. The van der Waals surface area contributed by atoms with Gasteiger partial charge in [0.2, 0.25) is 0 Å². The normalized spacial score (nSPS) is 26.8. The van der Waals surface area contributed by atoms with Crippen LogP contribution in [0.1, 0.15) is 39.5 Å². The Bertz CT molecular complexity index is 407. The lowest BCUT2D eigenvalue weighted by atomic mass is 9.74. The molecular weight excluding hydrogens is 282 g/mol. The van der Waals surface area contributed by atoms with Crippen LogP contribution in [0.25, 0.3) is 0 Å². The molecular formula is C16H29N3O3. The highest BCUT2D eigenvalue weighted by atomic mass is 16.5. The van der Waals surface area contributed by atoms with Gasteiger partial charge in [-0.15, -0.1) is 0 Å². The number of piperidine rings is 1. The lowest BCUT2D eigenvalue weighted by Crippen LogP contribution is -2.56. The molecule has 2 fully saturated rings. The molecule has 6 heteroatoms. The van der Waals surface area contributed by atoms with Gasteiger partial charge in [-0.2, -0.15) is 0 Å². The van der Waals surface area contributed by atoms with Gasteiger partial charge in [-0.3, -0.25) is 9.69 Å². The predicted molar refractivity (Wildman–Crippen MR) is 84.5 cm³/mol. The first-order valence-electron chi connectivity index (χ1n) is 8.35. The molecule has 2 aliphatic heterocycles. The van der Waals surface area contributed by atoms with Crippen molar-refractivity contribution in [2.45, 2.75) is 45.1 Å². The fraction of sp³-hybridized carbons (Fsp3) is 0.875. The number of carbonyl (C=O) groups excluding carboxylic acids is 2. The molecule has 2 heterocycles. The highest BCUT2D eigenvalue weighted by Gasteiger charge is 2.54. The van der Waals surface area contributed by atoms with Crippen LogP contribution in [0.5, 0.6) is 0 Å². The number of amides is 3. The number of rotatable bonds is 7. The zero-order chi connectivity index (χ0) is 16.2. The van der Waals surface area contributed by atoms with Gasteiger partial charge < -0.3 is 15.4 Å². The molecule has 0 aromatic rings. The monoisotopic (exact) mass is 311 g/mol. The Balaban J connectivity index is 2.20. The first-order chi connectivity index (χ1) is 10.5. The smallest absolute Gasteiger partial charge is 0.325 e. The first-order valence-corrected chi connectivity index (χ1v) is 8.35. The molecule has 6 nitrogen and oxygen atoms in total. The number of carbonyl (C=O) groups is 2. The fourth-order valence-electron chi connectivity index (χ4n) is 3.51. The molecule has 1 unspecified atom stereocenters. The van der Waals surface area contributed by atoms with Crippen molar-refractivity contribution in [3.05, 3.63) is 0 Å². The molecule has 0 radical (unpaired) electrons. The zero-order valence-corrected chi connectivity index (χ0v) is 14.0. The molecule has 3 amide bonds. The second kappa shape index (κ2) is 7.42. The van der Waals surface area contributed by atoms with E-state index in [1.807, 2.05) is 0 Å². The topological polar surface area (TPSA) is 70.7 Å². The molecule has 1 atom stereocenters. The summed E-state index contributed by atoms with van der Waals surface area (Å²) in [6.45, 7) is 6.84. The Morgan fingerprint density at radius 1 is 1.32 bits per heavy atom. The highest BCUT2D eigenvalue weighted by molar-refractivity contribution is 6.07. The summed E-state index contributed by atoms with van der Waals surface area (Å²) in [6, 6.07) is -0.260. The largest absolute Gasteiger partial charge is 0.383 e. The van der Waals surface area contributed by atoms with Gasteiger partial charge in [-0.1, -0.05) is 13.8 Å². The van der Waals surface area contributed by atoms with Crippen LogP contribution in [-0.2, 0) is 9.53 Å². The van der Waals surface area contributed by atoms with E-state index < -0.39 is 5.54 Å². The van der Waals surface area contributed by atoms with Crippen molar-refractivity contribution in [2.75, 3.05) is 33.4 Å². The number of urea groups is 1. The van der Waals surface area contributed by atoms with Crippen LogP contribution in [0.4, 0.5) is 4.79 Å². The van der Waals surface area contributed by atoms with Crippen molar-refractivity contribution in [3.63, 3.8) is 0 Å². The Morgan fingerprint density at radius 2 is 2.00 bits per heavy atom. The third kappa shape index (κ3) is 3.43. The SMILES string of the molecule is COCCN1C(=O)NC(CCC(C)C)(C2CCNCC2)C1=O. The number of ether oxygens (including phenoxy) is 1. The zero-order valence-electron chi connectivity index (χ0n) is 14.0. The van der Waals surface area contributed by atoms with E-state index in [1.165, 1.54) is 4.90 Å². The van der Waals surface area contributed by atoms with E-state index >= 15 is 0 Å². The maximum Gasteiger partial charge on any atom is 0.325 e. The van der Waals surface area contributed by atoms with E-state index in [1.54, 1.807) is 7.11 Å². The molecule has 0 spiro atoms. The third-order valence-electron chi connectivity index (χ3n) is 4.87. The van der Waals surface area contributed by atoms with Crippen LogP contribution in [0.15, 0.2) is 0 Å². The van der Waals surface area contributed by atoms with Crippen molar-refractivity contribution in [2.24, 2.45) is 11.8 Å². The Kier molecular flexibility index (Phi) is 5.81. The number of imide groups is 1. The second-order valence-electron chi connectivity index (χ2n) is 6.81. The van der Waals surface area contributed by atoms with Gasteiger partial charge in [-0.25, -0.2) is 4.79 Å². The van der Waals surface area contributed by atoms with E-state index in [4.69, 9.17) is 4.74 Å². The summed E-state index contributed by atoms with van der Waals surface area (Å²) < 4.78 is 5.03. The molecule has 126 valence electrons. The maximum atomic E-state index is 13.0. The average Bonchev–Trinajstić information content (AvgIpc) is 2.76. The first kappa shape index (κ1) is 17.2. The highest BCUT2D eigenvalue weighted by Crippen LogP contribution is 2.36. The van der Waals surface area contributed by atoms with Crippen LogP contribution in [0, 0.1) is 11.8 Å². The van der Waals surface area contributed by atoms with E-state index in [9.17, 15) is 9.59 Å². The van der Waals surface area contributed by atoms with Crippen LogP contribution in [-0.4, -0.2) is 55.7 Å². The van der Waals surface area contributed by atoms with Crippen molar-refractivity contribution in [1.82, 2.24) is 15.5 Å². The molecule has 0 saturated carbocycles. The van der Waals surface area contributed by atoms with Gasteiger partial charge in [0.15, 0.2) is 0 Å². The van der Waals surface area contributed by atoms with Gasteiger partial charge in [0.1, 0.15) is 5.54 Å². The molecule has 2 saturated heterocycles. The van der Waals surface area contributed by atoms with E-state index in [-0.39, 0.29) is 17.9 Å². The van der Waals surface area contributed by atoms with Crippen molar-refractivity contribution in [3.8, 4) is 0 Å². The minimum atomic E-state index is -0.711. The molecule has 2 aliphatic rings. The Hall–Kier alpha value is -1.14. The lowest BCUT2D eigenvalue weighted by Gasteiger charge is -2.38. The van der Waals surface area contributed by atoms with Gasteiger partial charge in [0, 0.05) is 7.11 Å². The number of hydrogen-bond acceptors (Lipinski definition) is 4. The summed E-state index contributed by atoms with van der Waals surface area (Å²) in [7, 11) is 1.58. The standard InChI is InChI=1S/C16H29N3O3/c1-12(2)4-7-16(13-5-8-17-9-6-13)14(20)19(10-11-22-3)15(21)18-16/h12-13,17H,4-11H2,1-3H3,(H,18,21). The van der Waals surface area contributed by atoms with Crippen LogP contribution >= 0.6 is 0 Å². The molecule has 0 bridgehead atoms. The second-order valence-corrected chi connectivity index (χ2v) is 6.81. The fourth-order valence-corrected chi connectivity index (χ4v) is 3.51. The summed E-state index contributed by atoms with van der Waals surface area (Å²) in [4.78, 5) is 26.7. The van der Waals surface area contributed by atoms with Crippen LogP contribution < -0.4 is 10.6 Å². The molecule has 22 heavy (non-hydrogen) atoms. The predicted octanol–water partition coefficient (Wildman–Crippen LogP) is 1.36. The maximum absolute atomic E-state index is 13.0. The van der Waals surface area contributed by atoms with Crippen molar-refractivity contribution < 1.29 is 14.3 Å². The average molecular weight is 311 g/mol. The number of nitrogens with one attached hydrogen (secondary N) is 2. The van der Waals surface area contributed by atoms with Gasteiger partial charge in [0.25, 0.3) is 5.91 Å². The number of hydrogen-bond donors (Lipinski definition) is 2. The van der Waals surface area contributed by atoms with E-state index in [0.717, 1.165) is 38.8 Å². The van der Waals surface area contributed by atoms with Gasteiger partial charge in [0.05, 0.1) is 13.2 Å². The number of nitrogens with zero attached hydrogens (tertiary/aromatic N) is 1. The van der Waals surface area contributed by atoms with E-state index in [2.05, 4.69) is 24.5 Å². The summed E-state index contributed by atoms with van der Waals surface area (Å²) in [5, 5.41) is 6.39. The van der Waals surface area contributed by atoms with Gasteiger partial charge >= 0.3 is 6.03 Å². The quantitative estimate of drug-likeness (QED) is 0.697. The number of methoxy groups -OCH3 is 1. The summed E-state index contributed by atoms with van der Waals surface area (Å²) in [5.41, 5.74) is -0.711. The summed E-state index contributed by atoms with van der Waals surface area (Å²) in [5.74, 6) is 0.676. The Labute approximate surface area is 132 Å². The van der Waals surface area contributed by atoms with Gasteiger partial charge in [-0.05, 0) is 50.6 Å². The van der Waals surface area contributed by atoms with Crippen molar-refractivity contribution >= 4 is 11.9 Å². The molecule has 0 aromatic carbocycles. The minimum absolute atomic E-state index is 0.0536. The van der Waals surface area contributed by atoms with Crippen LogP contribution in [0.3, 0.4) is 0 Å². The summed E-state index contributed by atoms with van der Waals surface area (Å²) in [6.07, 6.45) is 3.53. The Morgan fingerprint density at radius 3 is 2.59 bits per heavy atom. The molecule has 0 aromatic heterocycles. The molecule has 2 rings (SSSR count). The molecule has 0 aliphatic carbocycles. The molecule has 2 N–H and O–H groups in total. The third-order valence-corrected chi connectivity index (χ3v) is 4.87. The van der Waals surface area contributed by atoms with Crippen molar-refractivity contribution in [1.29, 1.82) is 0 Å². The lowest BCUT2D eigenvalue weighted by molar-refractivity contribution is -0.134. The van der Waals surface area contributed by atoms with Crippen LogP contribution in [0.2, 0.25) is 0 Å².